The van der Waals surface area contributed by atoms with Gasteiger partial charge in [-0.2, -0.15) is 0 Å². The van der Waals surface area contributed by atoms with Gasteiger partial charge in [-0.1, -0.05) is 12.2 Å². The van der Waals surface area contributed by atoms with Gasteiger partial charge in [0.25, 0.3) is 0 Å². The molecule has 18 heavy (non-hydrogen) atoms. The van der Waals surface area contributed by atoms with Gasteiger partial charge in [-0.15, -0.1) is 0 Å². The second kappa shape index (κ2) is 4.58. The first kappa shape index (κ1) is 13.4. The van der Waals surface area contributed by atoms with Crippen LogP contribution in [-0.4, -0.2) is 42.1 Å². The number of fused-ring (bicyclic) bond motifs is 1. The van der Waals surface area contributed by atoms with Gasteiger partial charge in [0.2, 0.25) is 0 Å². The van der Waals surface area contributed by atoms with Crippen LogP contribution in [0.2, 0.25) is 5.04 Å². The highest BCUT2D eigenvalue weighted by Crippen LogP contribution is 2.56. The maximum absolute atomic E-state index is 12.2. The van der Waals surface area contributed by atoms with Gasteiger partial charge in [-0.05, 0) is 12.8 Å². The fourth-order valence-corrected chi connectivity index (χ4v) is 5.66. The largest absolute Gasteiger partial charge is 0.523 e. The van der Waals surface area contributed by atoms with Crippen molar-refractivity contribution in [2.75, 3.05) is 21.3 Å². The summed E-state index contributed by atoms with van der Waals surface area (Å²) in [6.45, 7) is 0. The molecule has 2 aliphatic rings. The minimum Gasteiger partial charge on any atom is -0.392 e. The number of rotatable bonds is 4. The first-order chi connectivity index (χ1) is 8.58. The summed E-state index contributed by atoms with van der Waals surface area (Å²) in [7, 11) is 0.906. The van der Waals surface area contributed by atoms with Crippen LogP contribution in [0.1, 0.15) is 12.8 Å². The Bertz CT molecular complexity index is 394. The molecule has 1 aliphatic heterocycles. The average Bonchev–Trinajstić information content (AvgIpc) is 2.66. The van der Waals surface area contributed by atoms with Crippen LogP contribution < -0.4 is 0 Å². The zero-order valence-electron chi connectivity index (χ0n) is 10.6. The van der Waals surface area contributed by atoms with E-state index in [0.717, 1.165) is 6.42 Å². The molecule has 0 saturated carbocycles. The molecule has 0 N–H and O–H groups in total. The number of ether oxygens (including phenoxy) is 1. The summed E-state index contributed by atoms with van der Waals surface area (Å²) >= 11 is 0. The molecule has 0 aromatic heterocycles. The topological polar surface area (TPSA) is 71.1 Å². The molecular formula is C11H16O6Si. The van der Waals surface area contributed by atoms with Gasteiger partial charge in [-0.3, -0.25) is 9.59 Å². The van der Waals surface area contributed by atoms with Crippen LogP contribution in [0.4, 0.5) is 0 Å². The molecule has 6 nitrogen and oxygen atoms in total. The van der Waals surface area contributed by atoms with E-state index in [1.807, 2.05) is 6.08 Å². The molecule has 0 aromatic carbocycles. The summed E-state index contributed by atoms with van der Waals surface area (Å²) < 4.78 is 21.0. The van der Waals surface area contributed by atoms with E-state index in [1.54, 1.807) is 6.08 Å². The summed E-state index contributed by atoms with van der Waals surface area (Å²) in [5.41, 5.74) is 0. The molecule has 0 spiro atoms. The highest BCUT2D eigenvalue weighted by Gasteiger charge is 2.74. The standard InChI is InChI=1S/C11H16O6Si/c1-14-18(15-2,16-3)11-7-5-4-6-8(11)9(12)17-10(11)13/h5,7-8H,4,6H2,1-3H3. The van der Waals surface area contributed by atoms with Crippen molar-refractivity contribution in [3.05, 3.63) is 12.2 Å². The molecule has 0 amide bonds. The van der Waals surface area contributed by atoms with Crippen LogP contribution in [-0.2, 0) is 27.6 Å². The molecule has 0 aromatic rings. The van der Waals surface area contributed by atoms with Crippen LogP contribution in [0.25, 0.3) is 0 Å². The Kier molecular flexibility index (Phi) is 3.41. The predicted molar refractivity (Wildman–Crippen MR) is 62.4 cm³/mol. The lowest BCUT2D eigenvalue weighted by Crippen LogP contribution is -2.59. The zero-order chi connectivity index (χ0) is 13.4. The second-order valence-corrected chi connectivity index (χ2v) is 7.44. The van der Waals surface area contributed by atoms with Crippen molar-refractivity contribution >= 4 is 20.7 Å². The smallest absolute Gasteiger partial charge is 0.392 e. The van der Waals surface area contributed by atoms with Crippen molar-refractivity contribution in [1.29, 1.82) is 0 Å². The summed E-state index contributed by atoms with van der Waals surface area (Å²) in [6.07, 6.45) is 4.76. The Labute approximate surface area is 106 Å². The first-order valence-electron chi connectivity index (χ1n) is 5.67. The number of esters is 2. The van der Waals surface area contributed by atoms with Gasteiger partial charge in [0.15, 0.2) is 5.04 Å². The van der Waals surface area contributed by atoms with Gasteiger partial charge < -0.3 is 18.0 Å². The third-order valence-corrected chi connectivity index (χ3v) is 7.03. The quantitative estimate of drug-likeness (QED) is 0.324. The third kappa shape index (κ3) is 1.45. The predicted octanol–water partition coefficient (Wildman–Crippen LogP) is 0.654. The highest BCUT2D eigenvalue weighted by molar-refractivity contribution is 6.70. The monoisotopic (exact) mass is 272 g/mol. The summed E-state index contributed by atoms with van der Waals surface area (Å²) in [6, 6.07) is 0. The van der Waals surface area contributed by atoms with E-state index in [1.165, 1.54) is 21.3 Å². The van der Waals surface area contributed by atoms with Crippen molar-refractivity contribution in [1.82, 2.24) is 0 Å². The fraction of sp³-hybridized carbons (Fsp3) is 0.636. The number of allylic oxidation sites excluding steroid dienone is 1. The van der Waals surface area contributed by atoms with Gasteiger partial charge in [0.05, 0.1) is 5.92 Å². The third-order valence-electron chi connectivity index (χ3n) is 3.68. The SMILES string of the molecule is CO[Si](OC)(OC)C12C=CCCC1C(=O)OC2=O. The van der Waals surface area contributed by atoms with Gasteiger partial charge >= 0.3 is 20.7 Å². The van der Waals surface area contributed by atoms with E-state index >= 15 is 0 Å². The average molecular weight is 272 g/mol. The van der Waals surface area contributed by atoms with E-state index in [9.17, 15) is 9.59 Å². The summed E-state index contributed by atoms with van der Waals surface area (Å²) in [4.78, 5) is 24.0. The molecule has 2 rings (SSSR count). The number of hydrogen-bond acceptors (Lipinski definition) is 6. The lowest BCUT2D eigenvalue weighted by atomic mass is 9.85. The van der Waals surface area contributed by atoms with Gasteiger partial charge in [0.1, 0.15) is 0 Å². The molecule has 0 bridgehead atoms. The van der Waals surface area contributed by atoms with Crippen LogP contribution in [0, 0.1) is 5.92 Å². The minimum absolute atomic E-state index is 0.521. The zero-order valence-corrected chi connectivity index (χ0v) is 11.6. The molecule has 0 radical (unpaired) electrons. The van der Waals surface area contributed by atoms with Crippen LogP contribution in [0.15, 0.2) is 12.2 Å². The number of hydrogen-bond donors (Lipinski definition) is 0. The van der Waals surface area contributed by atoms with Crippen molar-refractivity contribution < 1.29 is 27.6 Å². The Morgan fingerprint density at radius 2 is 1.89 bits per heavy atom. The van der Waals surface area contributed by atoms with E-state index < -0.39 is 31.7 Å². The van der Waals surface area contributed by atoms with Crippen molar-refractivity contribution in [3.8, 4) is 0 Å². The molecule has 2 unspecified atom stereocenters. The highest BCUT2D eigenvalue weighted by atomic mass is 28.4. The van der Waals surface area contributed by atoms with E-state index in [2.05, 4.69) is 0 Å². The molecule has 2 atom stereocenters. The van der Waals surface area contributed by atoms with E-state index in [4.69, 9.17) is 18.0 Å². The molecule has 7 heteroatoms. The number of carbonyl (C=O) groups excluding carboxylic acids is 2. The van der Waals surface area contributed by atoms with E-state index in [0.29, 0.717) is 6.42 Å². The molecule has 1 aliphatic carbocycles. The second-order valence-electron chi connectivity index (χ2n) is 4.28. The Morgan fingerprint density at radius 1 is 1.28 bits per heavy atom. The first-order valence-corrected chi connectivity index (χ1v) is 7.39. The molecular weight excluding hydrogens is 256 g/mol. The lowest BCUT2D eigenvalue weighted by molar-refractivity contribution is -0.153. The Hall–Kier alpha value is -1.02. The van der Waals surface area contributed by atoms with Crippen LogP contribution >= 0.6 is 0 Å². The van der Waals surface area contributed by atoms with Crippen molar-refractivity contribution in [2.45, 2.75) is 17.9 Å². The molecule has 1 saturated heterocycles. The fourth-order valence-electron chi connectivity index (χ4n) is 2.83. The minimum atomic E-state index is -3.35. The normalized spacial score (nSPS) is 31.4. The van der Waals surface area contributed by atoms with Crippen LogP contribution in [0.3, 0.4) is 0 Å². The lowest BCUT2D eigenvalue weighted by Gasteiger charge is -2.39. The summed E-state index contributed by atoms with van der Waals surface area (Å²) in [5.74, 6) is -1.74. The summed E-state index contributed by atoms with van der Waals surface area (Å²) in [5, 5.41) is -1.24. The Morgan fingerprint density at radius 3 is 2.44 bits per heavy atom. The van der Waals surface area contributed by atoms with Crippen molar-refractivity contribution in [2.24, 2.45) is 5.92 Å². The van der Waals surface area contributed by atoms with Gasteiger partial charge in [0, 0.05) is 21.3 Å². The number of carbonyl (C=O) groups is 2. The molecule has 1 fully saturated rings. The molecule has 100 valence electrons. The van der Waals surface area contributed by atoms with Gasteiger partial charge in [-0.25, -0.2) is 0 Å². The van der Waals surface area contributed by atoms with Crippen LogP contribution in [0.5, 0.6) is 0 Å². The molecule has 1 heterocycles. The van der Waals surface area contributed by atoms with E-state index in [-0.39, 0.29) is 0 Å². The number of cyclic esters (lactones) is 2. The Balaban J connectivity index is 2.60. The maximum atomic E-state index is 12.2. The maximum Gasteiger partial charge on any atom is 0.523 e. The van der Waals surface area contributed by atoms with Crippen molar-refractivity contribution in [3.63, 3.8) is 0 Å².